The number of carbonyl (C=O) groups is 1. The molecule has 0 spiro atoms. The topological polar surface area (TPSA) is 58.6 Å². The van der Waals surface area contributed by atoms with E-state index >= 15 is 0 Å². The molecule has 1 aliphatic rings. The highest BCUT2D eigenvalue weighted by Gasteiger charge is 2.25. The van der Waals surface area contributed by atoms with Gasteiger partial charge in [-0.3, -0.25) is 4.79 Å². The van der Waals surface area contributed by atoms with Gasteiger partial charge in [-0.25, -0.2) is 4.39 Å². The minimum absolute atomic E-state index is 0.122. The van der Waals surface area contributed by atoms with Crippen LogP contribution >= 0.6 is 0 Å². The fourth-order valence-electron chi connectivity index (χ4n) is 3.15. The Balaban J connectivity index is 1.81. The number of rotatable bonds is 8. The molecule has 1 aromatic rings. The predicted octanol–water partition coefficient (Wildman–Crippen LogP) is 3.49. The molecule has 3 atom stereocenters. The molecular weight excluding hydrogens is 309 g/mol. The molecule has 0 radical (unpaired) electrons. The summed E-state index contributed by atoms with van der Waals surface area (Å²) in [5.41, 5.74) is 0.645. The van der Waals surface area contributed by atoms with E-state index in [4.69, 9.17) is 4.74 Å². The number of ether oxygens (including phenoxy) is 1. The lowest BCUT2D eigenvalue weighted by Gasteiger charge is -2.24. The van der Waals surface area contributed by atoms with E-state index in [1.54, 1.807) is 12.1 Å². The Morgan fingerprint density at radius 1 is 1.33 bits per heavy atom. The quantitative estimate of drug-likeness (QED) is 0.763. The number of halogens is 1. The van der Waals surface area contributed by atoms with Crippen molar-refractivity contribution in [1.29, 1.82) is 0 Å². The molecule has 2 N–H and O–H groups in total. The molecule has 24 heavy (non-hydrogen) atoms. The van der Waals surface area contributed by atoms with E-state index in [2.05, 4.69) is 5.32 Å². The highest BCUT2D eigenvalue weighted by Crippen LogP contribution is 2.23. The van der Waals surface area contributed by atoms with E-state index < -0.39 is 12.2 Å². The summed E-state index contributed by atoms with van der Waals surface area (Å²) in [6, 6.07) is 5.58. The highest BCUT2D eigenvalue weighted by molar-refractivity contribution is 5.81. The van der Waals surface area contributed by atoms with Gasteiger partial charge in [0.15, 0.2) is 0 Å². The van der Waals surface area contributed by atoms with E-state index in [-0.39, 0.29) is 23.9 Å². The molecule has 1 aromatic carbocycles. The van der Waals surface area contributed by atoms with Gasteiger partial charge in [-0.05, 0) is 50.3 Å². The van der Waals surface area contributed by atoms with E-state index in [0.29, 0.717) is 18.4 Å². The van der Waals surface area contributed by atoms with Crippen LogP contribution in [0.5, 0.6) is 0 Å². The zero-order chi connectivity index (χ0) is 17.5. The van der Waals surface area contributed by atoms with Crippen LogP contribution in [-0.2, 0) is 9.53 Å². The predicted molar refractivity (Wildman–Crippen MR) is 91.0 cm³/mol. The first-order valence-electron chi connectivity index (χ1n) is 8.89. The van der Waals surface area contributed by atoms with Gasteiger partial charge in [-0.15, -0.1) is 0 Å². The summed E-state index contributed by atoms with van der Waals surface area (Å²) in [6.45, 7) is 3.80. The molecule has 0 aromatic heterocycles. The van der Waals surface area contributed by atoms with E-state index in [9.17, 15) is 14.3 Å². The van der Waals surface area contributed by atoms with Gasteiger partial charge >= 0.3 is 0 Å². The Hall–Kier alpha value is -1.46. The van der Waals surface area contributed by atoms with Crippen LogP contribution in [0.25, 0.3) is 0 Å². The Kier molecular flexibility index (Phi) is 7.18. The van der Waals surface area contributed by atoms with Crippen molar-refractivity contribution >= 4 is 5.91 Å². The van der Waals surface area contributed by atoms with Crippen LogP contribution < -0.4 is 5.32 Å². The van der Waals surface area contributed by atoms with Crippen LogP contribution in [-0.4, -0.2) is 29.3 Å². The fourth-order valence-corrected chi connectivity index (χ4v) is 3.15. The smallest absolute Gasteiger partial charge is 0.249 e. The maximum Gasteiger partial charge on any atom is 0.249 e. The van der Waals surface area contributed by atoms with Crippen LogP contribution in [0.2, 0.25) is 0 Å². The normalized spacial score (nSPS) is 19.0. The molecule has 1 fully saturated rings. The van der Waals surface area contributed by atoms with Gasteiger partial charge in [-0.1, -0.05) is 31.9 Å². The molecule has 3 unspecified atom stereocenters. The third kappa shape index (κ3) is 5.56. The number of aliphatic hydroxyl groups is 1. The number of aliphatic hydroxyl groups excluding tert-OH is 1. The molecule has 1 saturated carbocycles. The first kappa shape index (κ1) is 18.9. The second-order valence-corrected chi connectivity index (χ2v) is 6.65. The summed E-state index contributed by atoms with van der Waals surface area (Å²) < 4.78 is 18.8. The van der Waals surface area contributed by atoms with Crippen molar-refractivity contribution in [2.75, 3.05) is 0 Å². The largest absolute Gasteiger partial charge is 0.388 e. The monoisotopic (exact) mass is 337 g/mol. The molecule has 5 heteroatoms. The van der Waals surface area contributed by atoms with Gasteiger partial charge in [0, 0.05) is 6.04 Å². The Morgan fingerprint density at radius 2 is 1.96 bits per heavy atom. The fraction of sp³-hybridized carbons (Fsp3) is 0.632. The van der Waals surface area contributed by atoms with Crippen molar-refractivity contribution in [3.8, 4) is 0 Å². The van der Waals surface area contributed by atoms with E-state index in [1.165, 1.54) is 25.0 Å². The molecule has 2 rings (SSSR count). The van der Waals surface area contributed by atoms with Gasteiger partial charge in [0.2, 0.25) is 5.91 Å². The van der Waals surface area contributed by atoms with Gasteiger partial charge in [0.05, 0.1) is 12.2 Å². The van der Waals surface area contributed by atoms with E-state index in [1.807, 2.05) is 13.8 Å². The minimum atomic E-state index is -0.739. The van der Waals surface area contributed by atoms with Crippen LogP contribution in [0, 0.1) is 5.82 Å². The van der Waals surface area contributed by atoms with Gasteiger partial charge in [0.1, 0.15) is 11.9 Å². The lowest BCUT2D eigenvalue weighted by molar-refractivity contribution is -0.137. The number of nitrogens with one attached hydrogen (secondary N) is 1. The maximum absolute atomic E-state index is 12.9. The highest BCUT2D eigenvalue weighted by atomic mass is 19.1. The molecule has 0 bridgehead atoms. The zero-order valence-corrected chi connectivity index (χ0v) is 14.5. The third-order valence-electron chi connectivity index (χ3n) is 4.54. The average molecular weight is 337 g/mol. The first-order valence-corrected chi connectivity index (χ1v) is 8.89. The van der Waals surface area contributed by atoms with Crippen LogP contribution in [0.15, 0.2) is 24.3 Å². The average Bonchev–Trinajstić information content (AvgIpc) is 3.05. The minimum Gasteiger partial charge on any atom is -0.388 e. The lowest BCUT2D eigenvalue weighted by atomic mass is 10.0. The molecule has 4 nitrogen and oxygen atoms in total. The zero-order valence-electron chi connectivity index (χ0n) is 14.5. The number of benzene rings is 1. The van der Waals surface area contributed by atoms with Gasteiger partial charge < -0.3 is 15.2 Å². The van der Waals surface area contributed by atoms with Crippen molar-refractivity contribution in [3.63, 3.8) is 0 Å². The number of hydrogen-bond donors (Lipinski definition) is 2. The Morgan fingerprint density at radius 3 is 2.54 bits per heavy atom. The molecule has 1 aliphatic carbocycles. The van der Waals surface area contributed by atoms with Crippen LogP contribution in [0.3, 0.4) is 0 Å². The summed E-state index contributed by atoms with van der Waals surface area (Å²) in [6.07, 6.45) is 4.43. The summed E-state index contributed by atoms with van der Waals surface area (Å²) in [5, 5.41) is 13.1. The molecule has 0 aliphatic heterocycles. The second-order valence-electron chi connectivity index (χ2n) is 6.65. The third-order valence-corrected chi connectivity index (χ3v) is 4.54. The van der Waals surface area contributed by atoms with Crippen molar-refractivity contribution in [2.45, 2.75) is 76.7 Å². The lowest BCUT2D eigenvalue weighted by Crippen LogP contribution is -2.42. The Bertz CT molecular complexity index is 514. The Labute approximate surface area is 143 Å². The summed E-state index contributed by atoms with van der Waals surface area (Å²) in [5.74, 6) is -0.453. The number of hydrogen-bond acceptors (Lipinski definition) is 3. The molecule has 0 saturated heterocycles. The molecule has 1 amide bonds. The number of carbonyl (C=O) groups excluding carboxylic acids is 1. The molecular formula is C19H28FNO3. The summed E-state index contributed by atoms with van der Waals surface area (Å²) >= 11 is 0. The molecule has 134 valence electrons. The van der Waals surface area contributed by atoms with Crippen molar-refractivity contribution < 1.29 is 19.0 Å². The van der Waals surface area contributed by atoms with Crippen molar-refractivity contribution in [1.82, 2.24) is 5.32 Å². The van der Waals surface area contributed by atoms with Crippen molar-refractivity contribution in [2.24, 2.45) is 0 Å². The molecule has 0 heterocycles. The van der Waals surface area contributed by atoms with E-state index in [0.717, 1.165) is 12.8 Å². The first-order chi connectivity index (χ1) is 11.5. The van der Waals surface area contributed by atoms with Gasteiger partial charge in [0.25, 0.3) is 0 Å². The van der Waals surface area contributed by atoms with Crippen LogP contribution in [0.4, 0.5) is 4.39 Å². The maximum atomic E-state index is 12.9. The van der Waals surface area contributed by atoms with Gasteiger partial charge in [-0.2, -0.15) is 0 Å². The summed E-state index contributed by atoms with van der Waals surface area (Å²) in [4.78, 5) is 12.4. The summed E-state index contributed by atoms with van der Waals surface area (Å²) in [7, 11) is 0. The standard InChI is InChI=1S/C19H28FNO3/c1-3-18(24-16-6-4-5-7-16)19(23)21-13(2)12-17(22)14-8-10-15(20)11-9-14/h8-11,13,16-18,22H,3-7,12H2,1-2H3,(H,21,23). The SMILES string of the molecule is CCC(OC1CCCC1)C(=O)NC(C)CC(O)c1ccc(F)cc1. The van der Waals surface area contributed by atoms with Crippen LogP contribution in [0.1, 0.15) is 64.0 Å². The van der Waals surface area contributed by atoms with Crippen molar-refractivity contribution in [3.05, 3.63) is 35.6 Å². The number of amides is 1. The second kappa shape index (κ2) is 9.14.